The molecule has 9 aromatic carbocycles. The third kappa shape index (κ3) is 5.75. The average molecular weight is 800 g/mol. The van der Waals surface area contributed by atoms with Crippen molar-refractivity contribution in [3.05, 3.63) is 209 Å². The number of benzene rings is 9. The van der Waals surface area contributed by atoms with Gasteiger partial charge in [-0.05, 0) is 149 Å². The molecule has 0 spiro atoms. The van der Waals surface area contributed by atoms with Crippen molar-refractivity contribution in [1.29, 1.82) is 0 Å². The maximum atomic E-state index is 2.53. The lowest BCUT2D eigenvalue weighted by Crippen LogP contribution is -2.16. The molecule has 0 N–H and O–H groups in total. The van der Waals surface area contributed by atoms with Gasteiger partial charge in [-0.3, -0.25) is 0 Å². The second kappa shape index (κ2) is 13.7. The fraction of sp³-hybridized carbons (Fsp3) is 0.180. The Morgan fingerprint density at radius 1 is 0.403 bits per heavy atom. The molecule has 11 rings (SSSR count). The average Bonchev–Trinajstić information content (AvgIpc) is 3.64. The zero-order chi connectivity index (χ0) is 42.7. The van der Waals surface area contributed by atoms with Crippen LogP contribution in [0.4, 0.5) is 17.1 Å². The van der Waals surface area contributed by atoms with Crippen molar-refractivity contribution in [3.8, 4) is 44.5 Å². The molecule has 0 fully saturated rings. The van der Waals surface area contributed by atoms with Crippen molar-refractivity contribution < 1.29 is 0 Å². The topological polar surface area (TPSA) is 3.24 Å². The van der Waals surface area contributed by atoms with Crippen LogP contribution >= 0.6 is 0 Å². The van der Waals surface area contributed by atoms with Gasteiger partial charge in [0, 0.05) is 27.8 Å². The Morgan fingerprint density at radius 2 is 0.968 bits per heavy atom. The fourth-order valence-electron chi connectivity index (χ4n) is 10.9. The van der Waals surface area contributed by atoms with Crippen LogP contribution < -0.4 is 4.90 Å². The van der Waals surface area contributed by atoms with Crippen molar-refractivity contribution >= 4 is 38.6 Å². The maximum Gasteiger partial charge on any atom is 0.0546 e. The molecule has 0 aromatic heterocycles. The summed E-state index contributed by atoms with van der Waals surface area (Å²) in [5, 5.41) is 5.10. The molecule has 0 saturated heterocycles. The van der Waals surface area contributed by atoms with Crippen LogP contribution in [-0.4, -0.2) is 0 Å². The summed E-state index contributed by atoms with van der Waals surface area (Å²) in [6.45, 7) is 18.6. The second-order valence-corrected chi connectivity index (χ2v) is 19.8. The van der Waals surface area contributed by atoms with Gasteiger partial charge in [-0.2, -0.15) is 0 Å². The van der Waals surface area contributed by atoms with Crippen LogP contribution in [-0.2, 0) is 16.2 Å². The van der Waals surface area contributed by atoms with Gasteiger partial charge in [0.2, 0.25) is 0 Å². The summed E-state index contributed by atoms with van der Waals surface area (Å²) in [4.78, 5) is 2.53. The van der Waals surface area contributed by atoms with E-state index in [0.29, 0.717) is 0 Å². The Hall–Kier alpha value is -6.70. The Kier molecular flexibility index (Phi) is 8.42. The van der Waals surface area contributed by atoms with E-state index in [0.717, 1.165) is 11.4 Å². The SMILES string of the molecule is Cc1cccc2ccc(N(c3ccc(-c4ccc(C(C)(C)C)cc4)cc3)c3ccc4c(c3)-c3cc5ccccc5cc3C4(C)C)c(-c3cccc4c3-c3ccccc3C4(C)C)c12. The summed E-state index contributed by atoms with van der Waals surface area (Å²) in [7, 11) is 0. The molecule has 302 valence electrons. The number of nitrogens with zero attached hydrogens (tertiary/aromatic N) is 1. The standard InChI is InChI=1S/C61H53N/c1-38-15-13-18-41-27-34-55(58(56(38)41)48-20-14-22-53-57(48)47-19-11-12-21-51(47)60(53,5)6)62(45-30-25-40(26-31-45)39-23-28-44(29-24-39)59(2,3)4)46-32-33-52-50(37-46)49-35-42-16-9-10-17-43(42)36-54(49)61(52,7)8/h9-37H,1-8H3. The Balaban J connectivity index is 1.18. The molecule has 2 aliphatic rings. The maximum absolute atomic E-state index is 2.53. The monoisotopic (exact) mass is 799 g/mol. The van der Waals surface area contributed by atoms with E-state index in [4.69, 9.17) is 0 Å². The summed E-state index contributed by atoms with van der Waals surface area (Å²) in [6.07, 6.45) is 0. The highest BCUT2D eigenvalue weighted by Crippen LogP contribution is 2.56. The molecule has 1 nitrogen and oxygen atoms in total. The summed E-state index contributed by atoms with van der Waals surface area (Å²) in [6, 6.07) is 66.8. The molecule has 0 unspecified atom stereocenters. The van der Waals surface area contributed by atoms with E-state index >= 15 is 0 Å². The molecule has 9 aromatic rings. The predicted molar refractivity (Wildman–Crippen MR) is 266 cm³/mol. The number of rotatable bonds is 5. The molecule has 0 atom stereocenters. The van der Waals surface area contributed by atoms with Gasteiger partial charge in [0.1, 0.15) is 0 Å². The highest BCUT2D eigenvalue weighted by molar-refractivity contribution is 6.11. The van der Waals surface area contributed by atoms with Gasteiger partial charge in [-0.15, -0.1) is 0 Å². The molecule has 0 saturated carbocycles. The molecule has 1 heteroatoms. The summed E-state index contributed by atoms with van der Waals surface area (Å²) in [5.41, 5.74) is 21.7. The normalized spacial score (nSPS) is 14.4. The first-order chi connectivity index (χ1) is 29.8. The number of anilines is 3. The van der Waals surface area contributed by atoms with Gasteiger partial charge in [0.25, 0.3) is 0 Å². The lowest BCUT2D eigenvalue weighted by atomic mass is 9.81. The number of aryl methyl sites for hydroxylation is 1. The molecule has 0 amide bonds. The smallest absolute Gasteiger partial charge is 0.0546 e. The van der Waals surface area contributed by atoms with Crippen LogP contribution in [0.15, 0.2) is 176 Å². The summed E-state index contributed by atoms with van der Waals surface area (Å²) in [5.74, 6) is 0. The van der Waals surface area contributed by atoms with Crippen LogP contribution in [0, 0.1) is 6.92 Å². The van der Waals surface area contributed by atoms with Gasteiger partial charge in [-0.1, -0.05) is 182 Å². The lowest BCUT2D eigenvalue weighted by Gasteiger charge is -2.31. The highest BCUT2D eigenvalue weighted by Gasteiger charge is 2.39. The molecule has 2 aliphatic carbocycles. The fourth-order valence-corrected chi connectivity index (χ4v) is 10.9. The van der Waals surface area contributed by atoms with Crippen LogP contribution in [0.3, 0.4) is 0 Å². The minimum atomic E-state index is -0.127. The van der Waals surface area contributed by atoms with E-state index in [2.05, 4.69) is 236 Å². The quantitative estimate of drug-likeness (QED) is 0.168. The van der Waals surface area contributed by atoms with Gasteiger partial charge < -0.3 is 4.90 Å². The predicted octanol–water partition coefficient (Wildman–Crippen LogP) is 17.0. The zero-order valence-corrected chi connectivity index (χ0v) is 37.2. The van der Waals surface area contributed by atoms with Gasteiger partial charge >= 0.3 is 0 Å². The number of hydrogen-bond donors (Lipinski definition) is 0. The Morgan fingerprint density at radius 3 is 1.71 bits per heavy atom. The summed E-state index contributed by atoms with van der Waals surface area (Å²) >= 11 is 0. The van der Waals surface area contributed by atoms with E-state index < -0.39 is 0 Å². The zero-order valence-electron chi connectivity index (χ0n) is 37.2. The lowest BCUT2D eigenvalue weighted by molar-refractivity contribution is 0.590. The first kappa shape index (κ1) is 38.2. The van der Waals surface area contributed by atoms with E-state index in [1.807, 2.05) is 0 Å². The molecular weight excluding hydrogens is 747 g/mol. The van der Waals surface area contributed by atoms with Gasteiger partial charge in [0.15, 0.2) is 0 Å². The van der Waals surface area contributed by atoms with Crippen LogP contribution in [0.2, 0.25) is 0 Å². The number of hydrogen-bond acceptors (Lipinski definition) is 1. The van der Waals surface area contributed by atoms with E-state index in [1.54, 1.807) is 0 Å². The van der Waals surface area contributed by atoms with Crippen molar-refractivity contribution in [2.75, 3.05) is 4.90 Å². The Bertz CT molecular complexity index is 3260. The van der Waals surface area contributed by atoms with Crippen molar-refractivity contribution in [3.63, 3.8) is 0 Å². The third-order valence-corrected chi connectivity index (χ3v) is 14.3. The van der Waals surface area contributed by atoms with Crippen molar-refractivity contribution in [2.45, 2.75) is 71.6 Å². The molecule has 0 heterocycles. The first-order valence-electron chi connectivity index (χ1n) is 22.3. The van der Waals surface area contributed by atoms with Crippen LogP contribution in [0.25, 0.3) is 66.1 Å². The second-order valence-electron chi connectivity index (χ2n) is 19.8. The van der Waals surface area contributed by atoms with E-state index in [1.165, 1.54) is 105 Å². The number of fused-ring (bicyclic) bond motifs is 8. The van der Waals surface area contributed by atoms with Crippen molar-refractivity contribution in [2.24, 2.45) is 0 Å². The molecule has 0 bridgehead atoms. The summed E-state index contributed by atoms with van der Waals surface area (Å²) < 4.78 is 0. The van der Waals surface area contributed by atoms with Crippen LogP contribution in [0.5, 0.6) is 0 Å². The van der Waals surface area contributed by atoms with Gasteiger partial charge in [0.05, 0.1) is 5.69 Å². The molecule has 0 aliphatic heterocycles. The molecular formula is C61H53N. The Labute approximate surface area is 367 Å². The van der Waals surface area contributed by atoms with E-state index in [9.17, 15) is 0 Å². The largest absolute Gasteiger partial charge is 0.310 e. The minimum Gasteiger partial charge on any atom is -0.310 e. The van der Waals surface area contributed by atoms with E-state index in [-0.39, 0.29) is 16.2 Å². The third-order valence-electron chi connectivity index (χ3n) is 14.3. The van der Waals surface area contributed by atoms with Crippen LogP contribution in [0.1, 0.15) is 81.8 Å². The minimum absolute atomic E-state index is 0.105. The first-order valence-corrected chi connectivity index (χ1v) is 22.3. The van der Waals surface area contributed by atoms with Gasteiger partial charge in [-0.25, -0.2) is 0 Å². The molecule has 0 radical (unpaired) electrons. The van der Waals surface area contributed by atoms with Crippen molar-refractivity contribution in [1.82, 2.24) is 0 Å². The molecule has 62 heavy (non-hydrogen) atoms. The highest BCUT2D eigenvalue weighted by atomic mass is 15.1.